The van der Waals surface area contributed by atoms with Crippen LogP contribution in [0.5, 0.6) is 5.75 Å². The van der Waals surface area contributed by atoms with Crippen molar-refractivity contribution in [3.05, 3.63) is 28.3 Å². The predicted molar refractivity (Wildman–Crippen MR) is 94.5 cm³/mol. The summed E-state index contributed by atoms with van der Waals surface area (Å²) >= 11 is 0. The van der Waals surface area contributed by atoms with Crippen LogP contribution in [-0.4, -0.2) is 41.7 Å². The summed E-state index contributed by atoms with van der Waals surface area (Å²) in [6, 6.07) is 3.94. The van der Waals surface area contributed by atoms with Crippen LogP contribution >= 0.6 is 0 Å². The Kier molecular flexibility index (Phi) is 4.81. The average molecular weight is 378 g/mol. The Balaban J connectivity index is 1.88. The van der Waals surface area contributed by atoms with E-state index in [0.29, 0.717) is 25.2 Å². The Morgan fingerprint density at radius 3 is 2.78 bits per heavy atom. The van der Waals surface area contributed by atoms with Crippen LogP contribution in [0.2, 0.25) is 0 Å². The SMILES string of the molecule is COc1ccc([N+](=O)[O-])cc1NC(=O)C1CC(=O)OC12CCOC(C)(C)C2. The first-order valence-electron chi connectivity index (χ1n) is 8.65. The van der Waals surface area contributed by atoms with Crippen LogP contribution in [0.25, 0.3) is 0 Å². The van der Waals surface area contributed by atoms with Crippen molar-refractivity contribution < 1.29 is 28.7 Å². The topological polar surface area (TPSA) is 117 Å². The number of nitrogens with zero attached hydrogens (tertiary/aromatic N) is 1. The summed E-state index contributed by atoms with van der Waals surface area (Å²) < 4.78 is 16.5. The van der Waals surface area contributed by atoms with Crippen LogP contribution in [0.15, 0.2) is 18.2 Å². The fourth-order valence-electron chi connectivity index (χ4n) is 3.90. The number of amides is 1. The van der Waals surface area contributed by atoms with Crippen LogP contribution in [0.1, 0.15) is 33.1 Å². The summed E-state index contributed by atoms with van der Waals surface area (Å²) in [5.41, 5.74) is -1.45. The zero-order valence-electron chi connectivity index (χ0n) is 15.4. The molecule has 0 radical (unpaired) electrons. The Morgan fingerprint density at radius 1 is 1.41 bits per heavy atom. The van der Waals surface area contributed by atoms with Gasteiger partial charge in [0.15, 0.2) is 0 Å². The van der Waals surface area contributed by atoms with Gasteiger partial charge in [-0.2, -0.15) is 0 Å². The van der Waals surface area contributed by atoms with E-state index < -0.39 is 33.9 Å². The number of rotatable bonds is 4. The molecule has 2 aliphatic heterocycles. The summed E-state index contributed by atoms with van der Waals surface area (Å²) in [4.78, 5) is 35.5. The molecule has 2 unspecified atom stereocenters. The molecule has 146 valence electrons. The highest BCUT2D eigenvalue weighted by Gasteiger charge is 2.56. The van der Waals surface area contributed by atoms with E-state index in [2.05, 4.69) is 5.32 Å². The number of benzene rings is 1. The third kappa shape index (κ3) is 3.73. The lowest BCUT2D eigenvalue weighted by atomic mass is 9.75. The second-order valence-electron chi connectivity index (χ2n) is 7.46. The summed E-state index contributed by atoms with van der Waals surface area (Å²) in [6.07, 6.45) is 0.779. The van der Waals surface area contributed by atoms with Crippen molar-refractivity contribution >= 4 is 23.3 Å². The second kappa shape index (κ2) is 6.80. The van der Waals surface area contributed by atoms with E-state index in [0.717, 1.165) is 0 Å². The molecule has 1 aromatic carbocycles. The molecule has 9 nitrogen and oxygen atoms in total. The molecular formula is C18H22N2O7. The number of carbonyl (C=O) groups is 2. The second-order valence-corrected chi connectivity index (χ2v) is 7.46. The number of non-ortho nitro benzene ring substituents is 1. The van der Waals surface area contributed by atoms with Crippen molar-refractivity contribution in [1.29, 1.82) is 0 Å². The molecule has 2 aliphatic rings. The minimum atomic E-state index is -0.934. The van der Waals surface area contributed by atoms with Crippen LogP contribution < -0.4 is 10.1 Å². The number of nitro benzene ring substituents is 1. The lowest BCUT2D eigenvalue weighted by molar-refractivity contribution is -0.384. The molecule has 2 heterocycles. The third-order valence-corrected chi connectivity index (χ3v) is 5.03. The standard InChI is InChI=1S/C18H22N2O7/c1-17(2)10-18(6-7-26-17)12(9-15(21)27-18)16(22)19-13-8-11(20(23)24)4-5-14(13)25-3/h4-5,8,12H,6-7,9-10H2,1-3H3,(H,19,22). The molecule has 9 heteroatoms. The van der Waals surface area contributed by atoms with Gasteiger partial charge in [0.2, 0.25) is 5.91 Å². The number of ether oxygens (including phenoxy) is 3. The number of anilines is 1. The van der Waals surface area contributed by atoms with Crippen LogP contribution in [0.4, 0.5) is 11.4 Å². The maximum atomic E-state index is 13.0. The first kappa shape index (κ1) is 19.1. The quantitative estimate of drug-likeness (QED) is 0.486. The van der Waals surface area contributed by atoms with Gasteiger partial charge >= 0.3 is 5.97 Å². The van der Waals surface area contributed by atoms with Gasteiger partial charge < -0.3 is 19.5 Å². The molecule has 0 saturated carbocycles. The summed E-state index contributed by atoms with van der Waals surface area (Å²) in [6.45, 7) is 4.15. The van der Waals surface area contributed by atoms with Gasteiger partial charge in [-0.1, -0.05) is 0 Å². The minimum Gasteiger partial charge on any atom is -0.495 e. The van der Waals surface area contributed by atoms with Gasteiger partial charge in [-0.05, 0) is 19.9 Å². The van der Waals surface area contributed by atoms with Crippen molar-refractivity contribution in [3.8, 4) is 5.75 Å². The molecule has 2 fully saturated rings. The minimum absolute atomic E-state index is 0.0425. The molecule has 2 atom stereocenters. The van der Waals surface area contributed by atoms with Gasteiger partial charge in [-0.25, -0.2) is 0 Å². The Labute approximate surface area is 156 Å². The van der Waals surface area contributed by atoms with Gasteiger partial charge in [0, 0.05) is 25.0 Å². The van der Waals surface area contributed by atoms with E-state index in [9.17, 15) is 19.7 Å². The molecule has 1 N–H and O–H groups in total. The molecule has 27 heavy (non-hydrogen) atoms. The zero-order valence-corrected chi connectivity index (χ0v) is 15.4. The number of hydrogen-bond donors (Lipinski definition) is 1. The number of nitrogens with one attached hydrogen (secondary N) is 1. The van der Waals surface area contributed by atoms with Gasteiger partial charge in [0.25, 0.3) is 5.69 Å². The van der Waals surface area contributed by atoms with Crippen LogP contribution in [-0.2, 0) is 19.1 Å². The van der Waals surface area contributed by atoms with Gasteiger partial charge in [0.1, 0.15) is 11.4 Å². The smallest absolute Gasteiger partial charge is 0.307 e. The highest BCUT2D eigenvalue weighted by molar-refractivity contribution is 5.98. The maximum absolute atomic E-state index is 13.0. The number of hydrogen-bond acceptors (Lipinski definition) is 7. The molecule has 0 aliphatic carbocycles. The Morgan fingerprint density at radius 2 is 2.15 bits per heavy atom. The number of methoxy groups -OCH3 is 1. The van der Waals surface area contributed by atoms with Gasteiger partial charge in [0.05, 0.1) is 42.3 Å². The molecule has 1 spiro atoms. The number of nitro groups is 1. The van der Waals surface area contributed by atoms with Crippen molar-refractivity contribution in [1.82, 2.24) is 0 Å². The van der Waals surface area contributed by atoms with E-state index in [4.69, 9.17) is 14.2 Å². The van der Waals surface area contributed by atoms with E-state index in [1.54, 1.807) is 0 Å². The van der Waals surface area contributed by atoms with Crippen molar-refractivity contribution in [2.24, 2.45) is 5.92 Å². The predicted octanol–water partition coefficient (Wildman–Crippen LogP) is 2.43. The van der Waals surface area contributed by atoms with Crippen molar-refractivity contribution in [2.75, 3.05) is 19.0 Å². The van der Waals surface area contributed by atoms with Gasteiger partial charge in [-0.15, -0.1) is 0 Å². The lowest BCUT2D eigenvalue weighted by Crippen LogP contribution is -2.52. The Bertz CT molecular complexity index is 792. The van der Waals surface area contributed by atoms with E-state index >= 15 is 0 Å². The molecule has 0 aromatic heterocycles. The molecule has 2 saturated heterocycles. The highest BCUT2D eigenvalue weighted by atomic mass is 16.6. The van der Waals surface area contributed by atoms with Crippen molar-refractivity contribution in [2.45, 2.75) is 44.3 Å². The summed E-state index contributed by atoms with van der Waals surface area (Å²) in [7, 11) is 1.40. The van der Waals surface area contributed by atoms with Gasteiger partial charge in [-0.3, -0.25) is 19.7 Å². The van der Waals surface area contributed by atoms with E-state index in [1.165, 1.54) is 25.3 Å². The average Bonchev–Trinajstić information content (AvgIpc) is 2.88. The molecule has 3 rings (SSSR count). The normalized spacial score (nSPS) is 26.5. The molecular weight excluding hydrogens is 356 g/mol. The largest absolute Gasteiger partial charge is 0.495 e. The van der Waals surface area contributed by atoms with Crippen LogP contribution in [0, 0.1) is 16.0 Å². The maximum Gasteiger partial charge on any atom is 0.307 e. The zero-order chi connectivity index (χ0) is 19.8. The fraction of sp³-hybridized carbons (Fsp3) is 0.556. The fourth-order valence-corrected chi connectivity index (χ4v) is 3.90. The molecule has 0 bridgehead atoms. The van der Waals surface area contributed by atoms with E-state index in [-0.39, 0.29) is 17.8 Å². The van der Waals surface area contributed by atoms with Crippen LogP contribution in [0.3, 0.4) is 0 Å². The van der Waals surface area contributed by atoms with Crippen molar-refractivity contribution in [3.63, 3.8) is 0 Å². The molecule has 1 aromatic rings. The lowest BCUT2D eigenvalue weighted by Gasteiger charge is -2.43. The summed E-state index contributed by atoms with van der Waals surface area (Å²) in [5, 5.41) is 13.7. The first-order valence-corrected chi connectivity index (χ1v) is 8.65. The number of carbonyl (C=O) groups excluding carboxylic acids is 2. The molecule has 1 amide bonds. The third-order valence-electron chi connectivity index (χ3n) is 5.03. The Hall–Kier alpha value is -2.68. The number of esters is 1. The highest BCUT2D eigenvalue weighted by Crippen LogP contribution is 2.46. The van der Waals surface area contributed by atoms with E-state index in [1.807, 2.05) is 13.8 Å². The first-order chi connectivity index (χ1) is 12.7. The summed E-state index contributed by atoms with van der Waals surface area (Å²) in [5.74, 6) is -1.28. The monoisotopic (exact) mass is 378 g/mol.